The van der Waals surface area contributed by atoms with Crippen LogP contribution in [0.3, 0.4) is 0 Å². The van der Waals surface area contributed by atoms with Gasteiger partial charge < -0.3 is 9.47 Å². The standard InChI is InChI=1S/C14H17Cl2NO3S/c1-19-14(18)12-9-20-6-4-17(12)5-7-21-13-8-10(15)2-3-11(13)16/h2-3,8,12H,4-7,9H2,1H3. The first kappa shape index (κ1) is 16.9. The minimum Gasteiger partial charge on any atom is -0.468 e. The number of halogens is 2. The second-order valence-corrected chi connectivity index (χ2v) is 6.55. The minimum absolute atomic E-state index is 0.250. The molecule has 1 saturated heterocycles. The average Bonchev–Trinajstić information content (AvgIpc) is 2.50. The van der Waals surface area contributed by atoms with Crippen molar-refractivity contribution >= 4 is 40.9 Å². The molecule has 1 aromatic carbocycles. The second kappa shape index (κ2) is 8.25. The molecule has 1 heterocycles. The van der Waals surface area contributed by atoms with Crippen LogP contribution in [0.4, 0.5) is 0 Å². The summed E-state index contributed by atoms with van der Waals surface area (Å²) in [5, 5.41) is 1.36. The summed E-state index contributed by atoms with van der Waals surface area (Å²) in [7, 11) is 1.40. The fourth-order valence-corrected chi connectivity index (χ4v) is 3.60. The number of benzene rings is 1. The Bertz CT molecular complexity index is 501. The largest absolute Gasteiger partial charge is 0.468 e. The van der Waals surface area contributed by atoms with Crippen molar-refractivity contribution in [3.05, 3.63) is 28.2 Å². The molecule has 7 heteroatoms. The Morgan fingerprint density at radius 1 is 1.52 bits per heavy atom. The number of hydrogen-bond donors (Lipinski definition) is 0. The molecule has 1 aliphatic rings. The first-order valence-corrected chi connectivity index (χ1v) is 8.33. The molecular weight excluding hydrogens is 333 g/mol. The summed E-state index contributed by atoms with van der Waals surface area (Å²) in [5.74, 6) is 0.564. The van der Waals surface area contributed by atoms with Gasteiger partial charge in [0.15, 0.2) is 0 Å². The molecule has 1 atom stereocenters. The summed E-state index contributed by atoms with van der Waals surface area (Å²) in [6, 6.07) is 5.09. The molecule has 0 N–H and O–H groups in total. The molecule has 0 bridgehead atoms. The van der Waals surface area contributed by atoms with Crippen molar-refractivity contribution < 1.29 is 14.3 Å². The highest BCUT2D eigenvalue weighted by atomic mass is 35.5. The summed E-state index contributed by atoms with van der Waals surface area (Å²) in [6.45, 7) is 2.51. The minimum atomic E-state index is -0.320. The summed E-state index contributed by atoms with van der Waals surface area (Å²) >= 11 is 13.7. The van der Waals surface area contributed by atoms with Crippen LogP contribution in [0.2, 0.25) is 10.0 Å². The molecule has 4 nitrogen and oxygen atoms in total. The SMILES string of the molecule is COC(=O)C1COCCN1CCSc1cc(Cl)ccc1Cl. The van der Waals surface area contributed by atoms with Gasteiger partial charge in [0.2, 0.25) is 0 Å². The van der Waals surface area contributed by atoms with Gasteiger partial charge >= 0.3 is 5.97 Å². The van der Waals surface area contributed by atoms with Gasteiger partial charge in [0.05, 0.1) is 25.3 Å². The Morgan fingerprint density at radius 3 is 3.10 bits per heavy atom. The van der Waals surface area contributed by atoms with Crippen LogP contribution in [0.1, 0.15) is 0 Å². The van der Waals surface area contributed by atoms with E-state index in [1.807, 2.05) is 6.07 Å². The Labute approximate surface area is 138 Å². The zero-order valence-electron chi connectivity index (χ0n) is 11.7. The maximum Gasteiger partial charge on any atom is 0.325 e. The lowest BCUT2D eigenvalue weighted by Gasteiger charge is -2.33. The molecule has 0 saturated carbocycles. The van der Waals surface area contributed by atoms with E-state index in [4.69, 9.17) is 32.7 Å². The molecule has 0 spiro atoms. The number of hydrogen-bond acceptors (Lipinski definition) is 5. The third kappa shape index (κ3) is 4.76. The van der Waals surface area contributed by atoms with E-state index in [-0.39, 0.29) is 12.0 Å². The Hall–Kier alpha value is -0.460. The van der Waals surface area contributed by atoms with Crippen LogP contribution in [-0.2, 0) is 14.3 Å². The van der Waals surface area contributed by atoms with Crippen molar-refractivity contribution in [2.45, 2.75) is 10.9 Å². The van der Waals surface area contributed by atoms with E-state index in [1.165, 1.54) is 7.11 Å². The maximum atomic E-state index is 11.7. The zero-order valence-corrected chi connectivity index (χ0v) is 14.0. The molecule has 2 rings (SSSR count). The molecule has 0 aliphatic carbocycles. The molecule has 21 heavy (non-hydrogen) atoms. The van der Waals surface area contributed by atoms with E-state index >= 15 is 0 Å². The number of carbonyl (C=O) groups excluding carboxylic acids is 1. The lowest BCUT2D eigenvalue weighted by Crippen LogP contribution is -2.51. The van der Waals surface area contributed by atoms with Gasteiger partial charge in [-0.1, -0.05) is 23.2 Å². The van der Waals surface area contributed by atoms with Crippen molar-refractivity contribution in [1.82, 2.24) is 4.90 Å². The van der Waals surface area contributed by atoms with Crippen LogP contribution in [-0.4, -0.2) is 56.1 Å². The predicted octanol–water partition coefficient (Wildman–Crippen LogP) is 2.96. The molecular formula is C14H17Cl2NO3S. The van der Waals surface area contributed by atoms with Crippen LogP contribution in [0.25, 0.3) is 0 Å². The van der Waals surface area contributed by atoms with E-state index in [1.54, 1.807) is 23.9 Å². The molecule has 1 unspecified atom stereocenters. The highest BCUT2D eigenvalue weighted by Crippen LogP contribution is 2.30. The first-order chi connectivity index (χ1) is 10.1. The van der Waals surface area contributed by atoms with E-state index < -0.39 is 0 Å². The normalized spacial score (nSPS) is 19.5. The van der Waals surface area contributed by atoms with Gasteiger partial charge in [-0.25, -0.2) is 0 Å². The number of ether oxygens (including phenoxy) is 2. The highest BCUT2D eigenvalue weighted by Gasteiger charge is 2.29. The van der Waals surface area contributed by atoms with E-state index in [9.17, 15) is 4.79 Å². The zero-order chi connectivity index (χ0) is 15.2. The van der Waals surface area contributed by atoms with Crippen LogP contribution >= 0.6 is 35.0 Å². The van der Waals surface area contributed by atoms with Crippen LogP contribution < -0.4 is 0 Å². The van der Waals surface area contributed by atoms with Gasteiger partial charge in [-0.15, -0.1) is 11.8 Å². The molecule has 1 aromatic rings. The van der Waals surface area contributed by atoms with Gasteiger partial charge in [0, 0.05) is 28.8 Å². The van der Waals surface area contributed by atoms with Crippen LogP contribution in [0.15, 0.2) is 23.1 Å². The third-order valence-electron chi connectivity index (χ3n) is 3.24. The Kier molecular flexibility index (Phi) is 6.64. The summed E-state index contributed by atoms with van der Waals surface area (Å²) in [5.41, 5.74) is 0. The summed E-state index contributed by atoms with van der Waals surface area (Å²) in [6.07, 6.45) is 0. The number of carbonyl (C=O) groups is 1. The fraction of sp³-hybridized carbons (Fsp3) is 0.500. The van der Waals surface area contributed by atoms with E-state index in [0.29, 0.717) is 23.3 Å². The lowest BCUT2D eigenvalue weighted by atomic mass is 10.2. The van der Waals surface area contributed by atoms with Crippen LogP contribution in [0, 0.1) is 0 Å². The average molecular weight is 350 g/mol. The van der Waals surface area contributed by atoms with E-state index in [2.05, 4.69) is 4.90 Å². The van der Waals surface area contributed by atoms with Gasteiger partial charge in [0.1, 0.15) is 6.04 Å². The smallest absolute Gasteiger partial charge is 0.325 e. The molecule has 116 valence electrons. The molecule has 1 aliphatic heterocycles. The number of thioether (sulfide) groups is 1. The lowest BCUT2D eigenvalue weighted by molar-refractivity contribution is -0.153. The quantitative estimate of drug-likeness (QED) is 0.603. The topological polar surface area (TPSA) is 38.8 Å². The Balaban J connectivity index is 1.89. The van der Waals surface area contributed by atoms with Crippen molar-refractivity contribution in [3.63, 3.8) is 0 Å². The molecule has 0 aromatic heterocycles. The summed E-state index contributed by atoms with van der Waals surface area (Å²) < 4.78 is 10.2. The second-order valence-electron chi connectivity index (χ2n) is 4.57. The van der Waals surface area contributed by atoms with Crippen molar-refractivity contribution in [3.8, 4) is 0 Å². The molecule has 0 amide bonds. The Morgan fingerprint density at radius 2 is 2.33 bits per heavy atom. The number of methoxy groups -OCH3 is 1. The highest BCUT2D eigenvalue weighted by molar-refractivity contribution is 7.99. The molecule has 1 fully saturated rings. The van der Waals surface area contributed by atoms with E-state index in [0.717, 1.165) is 23.7 Å². The van der Waals surface area contributed by atoms with Crippen LogP contribution in [0.5, 0.6) is 0 Å². The fourth-order valence-electron chi connectivity index (χ4n) is 2.12. The van der Waals surface area contributed by atoms with Crippen molar-refractivity contribution in [1.29, 1.82) is 0 Å². The number of esters is 1. The van der Waals surface area contributed by atoms with Gasteiger partial charge in [0.25, 0.3) is 0 Å². The number of morpholine rings is 1. The first-order valence-electron chi connectivity index (χ1n) is 6.59. The molecule has 0 radical (unpaired) electrons. The monoisotopic (exact) mass is 349 g/mol. The van der Waals surface area contributed by atoms with Crippen molar-refractivity contribution in [2.75, 3.05) is 39.2 Å². The maximum absolute atomic E-state index is 11.7. The number of nitrogens with zero attached hydrogens (tertiary/aromatic N) is 1. The van der Waals surface area contributed by atoms with Gasteiger partial charge in [-0.05, 0) is 18.2 Å². The summed E-state index contributed by atoms with van der Waals surface area (Å²) in [4.78, 5) is 14.8. The van der Waals surface area contributed by atoms with Gasteiger partial charge in [-0.3, -0.25) is 9.69 Å². The number of rotatable bonds is 5. The predicted molar refractivity (Wildman–Crippen MR) is 85.4 cm³/mol. The van der Waals surface area contributed by atoms with Crippen molar-refractivity contribution in [2.24, 2.45) is 0 Å². The van der Waals surface area contributed by atoms with Gasteiger partial charge in [-0.2, -0.15) is 0 Å². The third-order valence-corrected chi connectivity index (χ3v) is 4.95.